The summed E-state index contributed by atoms with van der Waals surface area (Å²) >= 11 is 11.2. The van der Waals surface area contributed by atoms with Crippen LogP contribution in [0.2, 0.25) is 5.02 Å². The summed E-state index contributed by atoms with van der Waals surface area (Å²) in [5, 5.41) is 0.992. The Hall–Kier alpha value is -0.480. The van der Waals surface area contributed by atoms with Crippen LogP contribution in [0.5, 0.6) is 0 Å². The predicted octanol–water partition coefficient (Wildman–Crippen LogP) is 4.89. The van der Waals surface area contributed by atoms with Crippen molar-refractivity contribution in [3.8, 4) is 0 Å². The fourth-order valence-electron chi connectivity index (χ4n) is 1.65. The topological polar surface area (TPSA) is 26.0 Å². The highest BCUT2D eigenvalue weighted by Crippen LogP contribution is 2.37. The average Bonchev–Trinajstić information content (AvgIpc) is 2.39. The van der Waals surface area contributed by atoms with Crippen LogP contribution in [-0.2, 0) is 0 Å². The van der Waals surface area contributed by atoms with Gasteiger partial charge in [0.15, 0.2) is 0 Å². The van der Waals surface area contributed by atoms with E-state index in [2.05, 4.69) is 22.0 Å². The maximum absolute atomic E-state index is 5.88. The monoisotopic (exact) mass is 341 g/mol. The third-order valence-corrected chi connectivity index (χ3v) is 4.81. The molecule has 0 bridgehead atoms. The highest BCUT2D eigenvalue weighted by molar-refractivity contribution is 9.10. The van der Waals surface area contributed by atoms with E-state index in [0.29, 0.717) is 6.54 Å². The van der Waals surface area contributed by atoms with Crippen molar-refractivity contribution in [1.82, 2.24) is 0 Å². The van der Waals surface area contributed by atoms with Gasteiger partial charge in [0.2, 0.25) is 0 Å². The van der Waals surface area contributed by atoms with Crippen molar-refractivity contribution in [2.45, 2.75) is 10.1 Å². The van der Waals surface area contributed by atoms with Gasteiger partial charge in [0.25, 0.3) is 0 Å². The zero-order valence-electron chi connectivity index (χ0n) is 9.64. The Morgan fingerprint density at radius 1 is 1.11 bits per heavy atom. The number of rotatable bonds is 4. The lowest BCUT2D eigenvalue weighted by molar-refractivity contribution is 0.936. The maximum atomic E-state index is 5.88. The molecule has 2 aromatic rings. The van der Waals surface area contributed by atoms with E-state index in [1.54, 1.807) is 11.8 Å². The van der Waals surface area contributed by atoms with E-state index >= 15 is 0 Å². The Bertz CT molecular complexity index is 515. The molecule has 0 aromatic heterocycles. The Labute approximate surface area is 125 Å². The summed E-state index contributed by atoms with van der Waals surface area (Å²) in [6.07, 6.45) is 0. The number of hydrogen-bond acceptors (Lipinski definition) is 2. The molecule has 0 aliphatic heterocycles. The molecule has 0 saturated heterocycles. The first-order valence-corrected chi connectivity index (χ1v) is 7.62. The molecular formula is C14H13BrClNS. The summed E-state index contributed by atoms with van der Waals surface area (Å²) in [6, 6.07) is 16.0. The highest BCUT2D eigenvalue weighted by Gasteiger charge is 2.13. The number of thioether (sulfide) groups is 1. The summed E-state index contributed by atoms with van der Waals surface area (Å²) < 4.78 is 1.10. The summed E-state index contributed by atoms with van der Waals surface area (Å²) in [4.78, 5) is 1.17. The molecule has 0 radical (unpaired) electrons. The minimum atomic E-state index is 0.238. The Morgan fingerprint density at radius 2 is 1.78 bits per heavy atom. The van der Waals surface area contributed by atoms with Crippen molar-refractivity contribution in [3.05, 3.63) is 63.6 Å². The van der Waals surface area contributed by atoms with Gasteiger partial charge in [-0.1, -0.05) is 45.7 Å². The Balaban J connectivity index is 2.20. The smallest absolute Gasteiger partial charge is 0.0478 e. The summed E-state index contributed by atoms with van der Waals surface area (Å²) in [6.45, 7) is 0.593. The molecule has 0 fully saturated rings. The molecule has 2 rings (SSSR count). The second kappa shape index (κ2) is 6.62. The first-order chi connectivity index (χ1) is 8.70. The average molecular weight is 343 g/mol. The molecule has 18 heavy (non-hydrogen) atoms. The zero-order chi connectivity index (χ0) is 13.0. The van der Waals surface area contributed by atoms with E-state index in [1.165, 1.54) is 10.5 Å². The number of hydrogen-bond donors (Lipinski definition) is 1. The van der Waals surface area contributed by atoms with Gasteiger partial charge in [-0.25, -0.2) is 0 Å². The summed E-state index contributed by atoms with van der Waals surface area (Å²) in [5.41, 5.74) is 7.11. The van der Waals surface area contributed by atoms with Crippen LogP contribution in [0.1, 0.15) is 10.8 Å². The molecule has 94 valence electrons. The zero-order valence-corrected chi connectivity index (χ0v) is 12.8. The second-order valence-corrected chi connectivity index (χ2v) is 6.38. The van der Waals surface area contributed by atoms with Crippen LogP contribution >= 0.6 is 39.3 Å². The standard InChI is InChI=1S/C14H13BrClNS/c15-13-4-2-1-3-12(13)14(9-17)18-11-7-5-10(16)6-8-11/h1-8,14H,9,17H2. The van der Waals surface area contributed by atoms with Gasteiger partial charge in [0.1, 0.15) is 0 Å². The molecule has 0 spiro atoms. The number of nitrogens with two attached hydrogens (primary N) is 1. The normalized spacial score (nSPS) is 12.4. The molecular weight excluding hydrogens is 330 g/mol. The number of benzene rings is 2. The largest absolute Gasteiger partial charge is 0.329 e. The van der Waals surface area contributed by atoms with Crippen LogP contribution in [0.15, 0.2) is 57.9 Å². The van der Waals surface area contributed by atoms with Gasteiger partial charge in [-0.3, -0.25) is 0 Å². The molecule has 0 saturated carbocycles. The summed E-state index contributed by atoms with van der Waals surface area (Å²) in [7, 11) is 0. The lowest BCUT2D eigenvalue weighted by atomic mass is 10.1. The van der Waals surface area contributed by atoms with Crippen LogP contribution in [0.25, 0.3) is 0 Å². The van der Waals surface area contributed by atoms with Crippen LogP contribution in [0, 0.1) is 0 Å². The van der Waals surface area contributed by atoms with Gasteiger partial charge in [-0.2, -0.15) is 0 Å². The van der Waals surface area contributed by atoms with Crippen molar-refractivity contribution in [2.24, 2.45) is 5.73 Å². The van der Waals surface area contributed by atoms with Gasteiger partial charge in [0.05, 0.1) is 0 Å². The van der Waals surface area contributed by atoms with Gasteiger partial charge >= 0.3 is 0 Å². The van der Waals surface area contributed by atoms with Crippen molar-refractivity contribution in [2.75, 3.05) is 6.54 Å². The highest BCUT2D eigenvalue weighted by atomic mass is 79.9. The molecule has 2 aromatic carbocycles. The van der Waals surface area contributed by atoms with Gasteiger partial charge in [-0.15, -0.1) is 11.8 Å². The SMILES string of the molecule is NCC(Sc1ccc(Cl)cc1)c1ccccc1Br. The third kappa shape index (κ3) is 3.51. The van der Waals surface area contributed by atoms with Crippen LogP contribution in [-0.4, -0.2) is 6.54 Å². The minimum Gasteiger partial charge on any atom is -0.329 e. The third-order valence-electron chi connectivity index (χ3n) is 2.56. The minimum absolute atomic E-state index is 0.238. The van der Waals surface area contributed by atoms with Gasteiger partial charge < -0.3 is 5.73 Å². The predicted molar refractivity (Wildman–Crippen MR) is 83.2 cm³/mol. The first kappa shape index (κ1) is 13.9. The molecule has 0 aliphatic carbocycles. The van der Waals surface area contributed by atoms with Crippen LogP contribution in [0.4, 0.5) is 0 Å². The van der Waals surface area contributed by atoms with E-state index in [4.69, 9.17) is 17.3 Å². The Morgan fingerprint density at radius 3 is 2.39 bits per heavy atom. The van der Waals surface area contributed by atoms with Crippen molar-refractivity contribution >= 4 is 39.3 Å². The van der Waals surface area contributed by atoms with Crippen LogP contribution in [0.3, 0.4) is 0 Å². The van der Waals surface area contributed by atoms with Crippen molar-refractivity contribution in [3.63, 3.8) is 0 Å². The molecule has 1 nitrogen and oxygen atoms in total. The Kier molecular flexibility index (Phi) is 5.13. The maximum Gasteiger partial charge on any atom is 0.0478 e. The van der Waals surface area contributed by atoms with E-state index < -0.39 is 0 Å². The molecule has 0 amide bonds. The van der Waals surface area contributed by atoms with Crippen LogP contribution < -0.4 is 5.73 Å². The van der Waals surface area contributed by atoms with Crippen molar-refractivity contribution in [1.29, 1.82) is 0 Å². The molecule has 0 heterocycles. The van der Waals surface area contributed by atoms with E-state index in [1.807, 2.05) is 42.5 Å². The molecule has 2 N–H and O–H groups in total. The first-order valence-electron chi connectivity index (χ1n) is 5.57. The lowest BCUT2D eigenvalue weighted by Gasteiger charge is -2.16. The fraction of sp³-hybridized carbons (Fsp3) is 0.143. The van der Waals surface area contributed by atoms with Crippen molar-refractivity contribution < 1.29 is 0 Å². The fourth-order valence-corrected chi connectivity index (χ4v) is 3.54. The molecule has 4 heteroatoms. The van der Waals surface area contributed by atoms with E-state index in [9.17, 15) is 0 Å². The van der Waals surface area contributed by atoms with E-state index in [-0.39, 0.29) is 5.25 Å². The second-order valence-electron chi connectivity index (χ2n) is 3.82. The van der Waals surface area contributed by atoms with E-state index in [0.717, 1.165) is 9.50 Å². The van der Waals surface area contributed by atoms with Gasteiger partial charge in [-0.05, 0) is 35.9 Å². The molecule has 0 aliphatic rings. The lowest BCUT2D eigenvalue weighted by Crippen LogP contribution is -2.09. The number of halogens is 2. The quantitative estimate of drug-likeness (QED) is 0.800. The summed E-state index contributed by atoms with van der Waals surface area (Å²) in [5.74, 6) is 0. The van der Waals surface area contributed by atoms with Gasteiger partial charge in [0, 0.05) is 26.2 Å². The molecule has 1 unspecified atom stereocenters. The molecule has 1 atom stereocenters.